The van der Waals surface area contributed by atoms with Crippen molar-refractivity contribution in [1.29, 1.82) is 0 Å². The number of esters is 1. The number of nitrogens with one attached hydrogen (secondary N) is 2. The molecule has 1 fully saturated rings. The third kappa shape index (κ3) is 3.34. The van der Waals surface area contributed by atoms with Gasteiger partial charge in [0.1, 0.15) is 6.10 Å². The topological polar surface area (TPSA) is 67.4 Å². The maximum Gasteiger partial charge on any atom is 0.338 e. The zero-order chi connectivity index (χ0) is 16.4. The fourth-order valence-corrected chi connectivity index (χ4v) is 3.37. The first-order valence-corrected chi connectivity index (χ1v) is 8.17. The standard InChI is InChI=1S/C17H19ClN2O3/c1-10-14(16(21)23-11-6-2-3-7-11)15(20-17(22)19-10)12-8-4-5-9-13(12)18/h4-5,8-9,11,15H,2-3,6-7H2,1H3,(H2,19,20,22)/t15-/m0/s1. The summed E-state index contributed by atoms with van der Waals surface area (Å²) in [7, 11) is 0. The van der Waals surface area contributed by atoms with Crippen LogP contribution >= 0.6 is 11.6 Å². The zero-order valence-electron chi connectivity index (χ0n) is 12.9. The van der Waals surface area contributed by atoms with Crippen molar-refractivity contribution in [2.45, 2.75) is 44.8 Å². The van der Waals surface area contributed by atoms with Crippen LogP contribution in [0.2, 0.25) is 5.02 Å². The van der Waals surface area contributed by atoms with Crippen molar-refractivity contribution in [3.8, 4) is 0 Å². The molecule has 122 valence electrons. The third-order valence-corrected chi connectivity index (χ3v) is 4.63. The van der Waals surface area contributed by atoms with Crippen LogP contribution in [-0.2, 0) is 9.53 Å². The average molecular weight is 335 g/mol. The van der Waals surface area contributed by atoms with E-state index in [4.69, 9.17) is 16.3 Å². The van der Waals surface area contributed by atoms with Gasteiger partial charge in [0.05, 0.1) is 11.6 Å². The monoisotopic (exact) mass is 334 g/mol. The Bertz CT molecular complexity index is 666. The van der Waals surface area contributed by atoms with E-state index >= 15 is 0 Å². The minimum atomic E-state index is -0.605. The van der Waals surface area contributed by atoms with Crippen LogP contribution in [-0.4, -0.2) is 18.1 Å². The number of urea groups is 1. The molecule has 5 nitrogen and oxygen atoms in total. The van der Waals surface area contributed by atoms with Crippen molar-refractivity contribution in [3.63, 3.8) is 0 Å². The smallest absolute Gasteiger partial charge is 0.338 e. The summed E-state index contributed by atoms with van der Waals surface area (Å²) in [6, 6.07) is 6.21. The number of hydrogen-bond acceptors (Lipinski definition) is 3. The molecular formula is C17H19ClN2O3. The minimum absolute atomic E-state index is 0.0349. The van der Waals surface area contributed by atoms with Crippen LogP contribution in [0.25, 0.3) is 0 Å². The van der Waals surface area contributed by atoms with E-state index in [2.05, 4.69) is 10.6 Å². The first-order chi connectivity index (χ1) is 11.1. The van der Waals surface area contributed by atoms with E-state index in [1.165, 1.54) is 0 Å². The van der Waals surface area contributed by atoms with Gasteiger partial charge in [-0.1, -0.05) is 29.8 Å². The van der Waals surface area contributed by atoms with Gasteiger partial charge in [-0.05, 0) is 44.2 Å². The lowest BCUT2D eigenvalue weighted by Gasteiger charge is -2.29. The van der Waals surface area contributed by atoms with Crippen molar-refractivity contribution < 1.29 is 14.3 Å². The molecule has 1 saturated carbocycles. The van der Waals surface area contributed by atoms with Crippen LogP contribution < -0.4 is 10.6 Å². The molecule has 1 atom stereocenters. The second kappa shape index (κ2) is 6.62. The van der Waals surface area contributed by atoms with Crippen LogP contribution in [0, 0.1) is 0 Å². The van der Waals surface area contributed by atoms with E-state index < -0.39 is 12.0 Å². The van der Waals surface area contributed by atoms with E-state index in [0.717, 1.165) is 25.7 Å². The highest BCUT2D eigenvalue weighted by Crippen LogP contribution is 2.33. The summed E-state index contributed by atoms with van der Waals surface area (Å²) in [5.41, 5.74) is 1.59. The predicted octanol–water partition coefficient (Wildman–Crippen LogP) is 3.45. The Hall–Kier alpha value is -2.01. The number of allylic oxidation sites excluding steroid dienone is 1. The largest absolute Gasteiger partial charge is 0.459 e. The normalized spacial score (nSPS) is 21.8. The van der Waals surface area contributed by atoms with Crippen molar-refractivity contribution >= 4 is 23.6 Å². The predicted molar refractivity (Wildman–Crippen MR) is 86.9 cm³/mol. The van der Waals surface area contributed by atoms with Gasteiger partial charge < -0.3 is 15.4 Å². The summed E-state index contributed by atoms with van der Waals surface area (Å²) >= 11 is 6.25. The maximum absolute atomic E-state index is 12.7. The molecule has 1 aliphatic heterocycles. The van der Waals surface area contributed by atoms with Gasteiger partial charge in [-0.3, -0.25) is 0 Å². The van der Waals surface area contributed by atoms with Crippen LogP contribution in [0.4, 0.5) is 4.79 Å². The average Bonchev–Trinajstić information content (AvgIpc) is 2.99. The second-order valence-electron chi connectivity index (χ2n) is 5.90. The van der Waals surface area contributed by atoms with Crippen LogP contribution in [0.3, 0.4) is 0 Å². The molecule has 0 spiro atoms. The quantitative estimate of drug-likeness (QED) is 0.832. The van der Waals surface area contributed by atoms with Crippen molar-refractivity contribution in [3.05, 3.63) is 46.1 Å². The van der Waals surface area contributed by atoms with E-state index in [1.807, 2.05) is 12.1 Å². The molecule has 1 heterocycles. The highest BCUT2D eigenvalue weighted by Gasteiger charge is 2.34. The molecule has 0 saturated heterocycles. The van der Waals surface area contributed by atoms with Gasteiger partial charge in [-0.2, -0.15) is 0 Å². The number of amides is 2. The second-order valence-corrected chi connectivity index (χ2v) is 6.31. The van der Waals surface area contributed by atoms with Gasteiger partial charge in [0.2, 0.25) is 0 Å². The molecule has 2 amide bonds. The number of ether oxygens (including phenoxy) is 1. The highest BCUT2D eigenvalue weighted by atomic mass is 35.5. The molecule has 0 aromatic heterocycles. The minimum Gasteiger partial charge on any atom is -0.459 e. The Kier molecular flexibility index (Phi) is 4.57. The van der Waals surface area contributed by atoms with Gasteiger partial charge in [0.15, 0.2) is 0 Å². The molecule has 3 rings (SSSR count). The van der Waals surface area contributed by atoms with Gasteiger partial charge in [0.25, 0.3) is 0 Å². The first kappa shape index (κ1) is 15.9. The Labute approximate surface area is 140 Å². The molecule has 2 N–H and O–H groups in total. The molecule has 1 aromatic carbocycles. The van der Waals surface area contributed by atoms with E-state index in [0.29, 0.717) is 21.9 Å². The summed E-state index contributed by atoms with van der Waals surface area (Å²) in [6.07, 6.45) is 3.92. The highest BCUT2D eigenvalue weighted by molar-refractivity contribution is 6.31. The third-order valence-electron chi connectivity index (χ3n) is 4.28. The maximum atomic E-state index is 12.7. The van der Waals surface area contributed by atoms with E-state index in [-0.39, 0.29) is 12.1 Å². The number of carbonyl (C=O) groups excluding carboxylic acids is 2. The molecule has 1 aromatic rings. The summed E-state index contributed by atoms with van der Waals surface area (Å²) in [5.74, 6) is -0.396. The van der Waals surface area contributed by atoms with E-state index in [9.17, 15) is 9.59 Å². The number of rotatable bonds is 3. The van der Waals surface area contributed by atoms with Gasteiger partial charge in [-0.25, -0.2) is 9.59 Å². The fraction of sp³-hybridized carbons (Fsp3) is 0.412. The molecule has 2 aliphatic rings. The molecule has 23 heavy (non-hydrogen) atoms. The lowest BCUT2D eigenvalue weighted by molar-refractivity contribution is -0.144. The van der Waals surface area contributed by atoms with Crippen LogP contribution in [0.1, 0.15) is 44.2 Å². The first-order valence-electron chi connectivity index (χ1n) is 7.80. The summed E-state index contributed by atoms with van der Waals surface area (Å²) in [6.45, 7) is 1.70. The van der Waals surface area contributed by atoms with Gasteiger partial charge >= 0.3 is 12.0 Å². The number of halogens is 1. The number of carbonyl (C=O) groups is 2. The summed E-state index contributed by atoms with van der Waals surface area (Å²) < 4.78 is 5.62. The number of hydrogen-bond donors (Lipinski definition) is 2. The Morgan fingerprint density at radius 3 is 2.65 bits per heavy atom. The van der Waals surface area contributed by atoms with Crippen molar-refractivity contribution in [2.24, 2.45) is 0 Å². The molecule has 1 aliphatic carbocycles. The molecule has 0 unspecified atom stereocenters. The lowest BCUT2D eigenvalue weighted by Crippen LogP contribution is -2.45. The Morgan fingerprint density at radius 1 is 1.26 bits per heavy atom. The van der Waals surface area contributed by atoms with Gasteiger partial charge in [-0.15, -0.1) is 0 Å². The fourth-order valence-electron chi connectivity index (χ4n) is 3.13. The Balaban J connectivity index is 1.92. The van der Waals surface area contributed by atoms with Crippen molar-refractivity contribution in [1.82, 2.24) is 10.6 Å². The van der Waals surface area contributed by atoms with Crippen molar-refractivity contribution in [2.75, 3.05) is 0 Å². The molecular weight excluding hydrogens is 316 g/mol. The molecule has 0 bridgehead atoms. The summed E-state index contributed by atoms with van der Waals surface area (Å²) in [4.78, 5) is 24.5. The summed E-state index contributed by atoms with van der Waals surface area (Å²) in [5, 5.41) is 5.91. The van der Waals surface area contributed by atoms with E-state index in [1.54, 1.807) is 19.1 Å². The van der Waals surface area contributed by atoms with Gasteiger partial charge in [0, 0.05) is 10.7 Å². The van der Waals surface area contributed by atoms with Crippen LogP contribution in [0.5, 0.6) is 0 Å². The lowest BCUT2D eigenvalue weighted by atomic mass is 9.95. The SMILES string of the molecule is CC1=C(C(=O)OC2CCCC2)[C@H](c2ccccc2Cl)NC(=O)N1. The molecule has 0 radical (unpaired) electrons. The molecule has 6 heteroatoms. The number of benzene rings is 1. The van der Waals surface area contributed by atoms with Crippen LogP contribution in [0.15, 0.2) is 35.5 Å². The Morgan fingerprint density at radius 2 is 1.96 bits per heavy atom. The zero-order valence-corrected chi connectivity index (χ0v) is 13.7.